The van der Waals surface area contributed by atoms with Crippen LogP contribution in [0, 0.1) is 5.82 Å². The molecule has 0 bridgehead atoms. The molecule has 2 aromatic rings. The Morgan fingerprint density at radius 3 is 2.70 bits per heavy atom. The Morgan fingerprint density at radius 2 is 2.05 bits per heavy atom. The first-order chi connectivity index (χ1) is 9.60. The Bertz CT molecular complexity index is 624. The zero-order chi connectivity index (χ0) is 14.5. The van der Waals surface area contributed by atoms with Crippen LogP contribution in [0.25, 0.3) is 0 Å². The summed E-state index contributed by atoms with van der Waals surface area (Å²) in [4.78, 5) is 26.9. The Hall–Kier alpha value is -2.77. The molecule has 8 heteroatoms. The van der Waals surface area contributed by atoms with Crippen molar-refractivity contribution in [2.24, 2.45) is 0 Å². The van der Waals surface area contributed by atoms with Crippen LogP contribution >= 0.6 is 0 Å². The minimum Gasteiger partial charge on any atom is -0.460 e. The molecule has 2 N–H and O–H groups in total. The predicted octanol–water partition coefficient (Wildman–Crippen LogP) is 1.37. The van der Waals surface area contributed by atoms with Crippen LogP contribution in [0.3, 0.4) is 0 Å². The van der Waals surface area contributed by atoms with Gasteiger partial charge >= 0.3 is 5.97 Å². The lowest BCUT2D eigenvalue weighted by Crippen LogP contribution is -2.13. The van der Waals surface area contributed by atoms with E-state index in [4.69, 9.17) is 4.74 Å². The average Bonchev–Trinajstić information content (AvgIpc) is 2.88. The maximum absolute atomic E-state index is 12.7. The third kappa shape index (κ3) is 3.16. The third-order valence-corrected chi connectivity index (χ3v) is 2.29. The zero-order valence-electron chi connectivity index (χ0n) is 10.5. The lowest BCUT2D eigenvalue weighted by atomic mass is 10.2. The second-order valence-corrected chi connectivity index (χ2v) is 3.69. The zero-order valence-corrected chi connectivity index (χ0v) is 10.5. The van der Waals surface area contributed by atoms with Crippen molar-refractivity contribution < 1.29 is 18.7 Å². The molecule has 0 unspecified atom stereocenters. The van der Waals surface area contributed by atoms with Crippen molar-refractivity contribution in [3.8, 4) is 0 Å². The number of amides is 1. The van der Waals surface area contributed by atoms with Crippen molar-refractivity contribution in [1.29, 1.82) is 0 Å². The minimum absolute atomic E-state index is 0.0672. The number of carbonyl (C=O) groups excluding carboxylic acids is 2. The molecular formula is C12H11FN4O3. The van der Waals surface area contributed by atoms with Gasteiger partial charge in [0, 0.05) is 5.56 Å². The summed E-state index contributed by atoms with van der Waals surface area (Å²) in [5.74, 6) is -1.80. The summed E-state index contributed by atoms with van der Waals surface area (Å²) in [6, 6.07) is 4.97. The maximum Gasteiger partial charge on any atom is 0.375 e. The van der Waals surface area contributed by atoms with Gasteiger partial charge in [-0.05, 0) is 31.2 Å². The number of halogens is 1. The molecule has 0 aliphatic heterocycles. The van der Waals surface area contributed by atoms with E-state index in [1.165, 1.54) is 12.1 Å². The fourth-order valence-electron chi connectivity index (χ4n) is 1.38. The Labute approximate surface area is 113 Å². The van der Waals surface area contributed by atoms with Gasteiger partial charge in [0.1, 0.15) is 5.82 Å². The highest BCUT2D eigenvalue weighted by molar-refractivity contribution is 6.03. The van der Waals surface area contributed by atoms with Crippen LogP contribution in [-0.4, -0.2) is 33.7 Å². The van der Waals surface area contributed by atoms with Crippen molar-refractivity contribution in [1.82, 2.24) is 15.2 Å². The normalized spacial score (nSPS) is 10.1. The van der Waals surface area contributed by atoms with Crippen LogP contribution in [-0.2, 0) is 4.74 Å². The van der Waals surface area contributed by atoms with Crippen molar-refractivity contribution >= 4 is 17.8 Å². The predicted molar refractivity (Wildman–Crippen MR) is 66.7 cm³/mol. The van der Waals surface area contributed by atoms with E-state index in [9.17, 15) is 14.0 Å². The molecule has 1 aromatic carbocycles. The van der Waals surface area contributed by atoms with Gasteiger partial charge in [0.2, 0.25) is 11.8 Å². The number of benzene rings is 1. The highest BCUT2D eigenvalue weighted by Crippen LogP contribution is 2.06. The number of hydrogen-bond donors (Lipinski definition) is 2. The van der Waals surface area contributed by atoms with Gasteiger partial charge in [0.15, 0.2) is 0 Å². The molecule has 2 rings (SSSR count). The number of nitrogens with one attached hydrogen (secondary N) is 2. The standard InChI is InChI=1S/C12H11FN4O3/c1-2-20-11(19)9-14-12(17-16-9)15-10(18)7-3-5-8(13)6-4-7/h3-6H,2H2,1H3,(H2,14,15,16,17,18). The number of anilines is 1. The first-order valence-electron chi connectivity index (χ1n) is 5.76. The number of ether oxygens (including phenoxy) is 1. The van der Waals surface area contributed by atoms with E-state index in [0.717, 1.165) is 12.1 Å². The smallest absolute Gasteiger partial charge is 0.375 e. The lowest BCUT2D eigenvalue weighted by Gasteiger charge is -2.00. The van der Waals surface area contributed by atoms with Crippen LogP contribution in [0.15, 0.2) is 24.3 Å². The number of aromatic amines is 1. The summed E-state index contributed by atoms with van der Waals surface area (Å²) in [6.45, 7) is 1.86. The van der Waals surface area contributed by atoms with Gasteiger partial charge in [-0.2, -0.15) is 4.98 Å². The largest absolute Gasteiger partial charge is 0.460 e. The fraction of sp³-hybridized carbons (Fsp3) is 0.167. The van der Waals surface area contributed by atoms with Crippen molar-refractivity contribution in [2.45, 2.75) is 6.92 Å². The molecule has 0 atom stereocenters. The highest BCUT2D eigenvalue weighted by Gasteiger charge is 2.14. The molecule has 1 aromatic heterocycles. The third-order valence-electron chi connectivity index (χ3n) is 2.29. The molecule has 0 spiro atoms. The number of rotatable bonds is 4. The fourth-order valence-corrected chi connectivity index (χ4v) is 1.38. The van der Waals surface area contributed by atoms with E-state index < -0.39 is 17.7 Å². The number of esters is 1. The van der Waals surface area contributed by atoms with Crippen LogP contribution in [0.2, 0.25) is 0 Å². The van der Waals surface area contributed by atoms with Gasteiger partial charge in [-0.25, -0.2) is 9.18 Å². The summed E-state index contributed by atoms with van der Waals surface area (Å²) >= 11 is 0. The molecule has 1 heterocycles. The lowest BCUT2D eigenvalue weighted by molar-refractivity contribution is 0.0512. The van der Waals surface area contributed by atoms with Gasteiger partial charge < -0.3 is 4.74 Å². The Kier molecular flexibility index (Phi) is 4.04. The van der Waals surface area contributed by atoms with E-state index >= 15 is 0 Å². The van der Waals surface area contributed by atoms with E-state index in [-0.39, 0.29) is 23.9 Å². The number of nitrogens with zero attached hydrogens (tertiary/aromatic N) is 2. The Balaban J connectivity index is 2.05. The van der Waals surface area contributed by atoms with Gasteiger partial charge in [-0.1, -0.05) is 0 Å². The molecule has 1 amide bonds. The maximum atomic E-state index is 12.7. The number of hydrogen-bond acceptors (Lipinski definition) is 5. The van der Waals surface area contributed by atoms with E-state index in [1.807, 2.05) is 0 Å². The molecular weight excluding hydrogens is 267 g/mol. The summed E-state index contributed by atoms with van der Waals surface area (Å²) in [7, 11) is 0. The Morgan fingerprint density at radius 1 is 1.35 bits per heavy atom. The number of carbonyl (C=O) groups is 2. The first-order valence-corrected chi connectivity index (χ1v) is 5.76. The van der Waals surface area contributed by atoms with Crippen molar-refractivity contribution in [2.75, 3.05) is 11.9 Å². The topological polar surface area (TPSA) is 97.0 Å². The summed E-state index contributed by atoms with van der Waals surface area (Å²) in [5.41, 5.74) is 0.244. The van der Waals surface area contributed by atoms with Crippen molar-refractivity contribution in [3.05, 3.63) is 41.5 Å². The van der Waals surface area contributed by atoms with Crippen LogP contribution in [0.1, 0.15) is 27.9 Å². The first kappa shape index (κ1) is 13.7. The van der Waals surface area contributed by atoms with Gasteiger partial charge in [-0.3, -0.25) is 15.2 Å². The molecule has 0 radical (unpaired) electrons. The molecule has 7 nitrogen and oxygen atoms in total. The van der Waals surface area contributed by atoms with E-state index in [2.05, 4.69) is 20.5 Å². The molecule has 0 fully saturated rings. The second kappa shape index (κ2) is 5.91. The molecule has 0 aliphatic carbocycles. The molecule has 104 valence electrons. The SMILES string of the molecule is CCOC(=O)c1nc(NC(=O)c2ccc(F)cc2)n[nH]1. The van der Waals surface area contributed by atoms with Crippen LogP contribution in [0.5, 0.6) is 0 Å². The van der Waals surface area contributed by atoms with Crippen molar-refractivity contribution in [3.63, 3.8) is 0 Å². The quantitative estimate of drug-likeness (QED) is 0.823. The second-order valence-electron chi connectivity index (χ2n) is 3.69. The van der Waals surface area contributed by atoms with Crippen LogP contribution < -0.4 is 5.32 Å². The molecule has 20 heavy (non-hydrogen) atoms. The van der Waals surface area contributed by atoms with Gasteiger partial charge in [-0.15, -0.1) is 5.10 Å². The highest BCUT2D eigenvalue weighted by atomic mass is 19.1. The molecule has 0 saturated carbocycles. The number of aromatic nitrogens is 3. The van der Waals surface area contributed by atoms with Gasteiger partial charge in [0.05, 0.1) is 6.61 Å². The van der Waals surface area contributed by atoms with E-state index in [1.54, 1.807) is 6.92 Å². The molecule has 0 saturated heterocycles. The molecule has 0 aliphatic rings. The monoisotopic (exact) mass is 278 g/mol. The van der Waals surface area contributed by atoms with Crippen LogP contribution in [0.4, 0.5) is 10.3 Å². The summed E-state index contributed by atoms with van der Waals surface area (Å²) in [6.07, 6.45) is 0. The summed E-state index contributed by atoms with van der Waals surface area (Å²) in [5, 5.41) is 8.38. The average molecular weight is 278 g/mol. The summed E-state index contributed by atoms with van der Waals surface area (Å²) < 4.78 is 17.4. The number of H-pyrrole nitrogens is 1. The van der Waals surface area contributed by atoms with E-state index in [0.29, 0.717) is 0 Å². The van der Waals surface area contributed by atoms with Gasteiger partial charge in [0.25, 0.3) is 5.91 Å². The minimum atomic E-state index is -0.665.